The number of carbonyl (C=O) groups is 2. The Kier molecular flexibility index (Phi) is 4.80. The van der Waals surface area contributed by atoms with Gasteiger partial charge >= 0.3 is 0 Å². The van der Waals surface area contributed by atoms with E-state index in [1.807, 2.05) is 0 Å². The molecule has 1 heterocycles. The maximum atomic E-state index is 12.6. The van der Waals surface area contributed by atoms with Crippen molar-refractivity contribution in [3.05, 3.63) is 0 Å². The first-order valence-corrected chi connectivity index (χ1v) is 7.43. The predicted molar refractivity (Wildman–Crippen MR) is 73.7 cm³/mol. The van der Waals surface area contributed by atoms with Gasteiger partial charge in [0.1, 0.15) is 5.54 Å². The Balaban J connectivity index is 1.99. The minimum atomic E-state index is -0.665. The lowest BCUT2D eigenvalue weighted by atomic mass is 9.80. The Morgan fingerprint density at radius 1 is 1.16 bits per heavy atom. The number of rotatable bonds is 3. The average Bonchev–Trinajstić information content (AvgIpc) is 2.40. The van der Waals surface area contributed by atoms with Crippen molar-refractivity contribution in [2.45, 2.75) is 63.5 Å². The summed E-state index contributed by atoms with van der Waals surface area (Å²) in [5.41, 5.74) is -0.665. The van der Waals surface area contributed by atoms with Crippen LogP contribution in [-0.4, -0.2) is 36.5 Å². The van der Waals surface area contributed by atoms with Gasteiger partial charge in [-0.1, -0.05) is 19.3 Å². The SMILES string of the molecule is CC(=O)NC1(C(=O)N[C@H]2CCCNC2)CCCCC1. The molecule has 2 amide bonds. The molecule has 2 aliphatic rings. The molecule has 5 heteroatoms. The van der Waals surface area contributed by atoms with Crippen LogP contribution < -0.4 is 16.0 Å². The highest BCUT2D eigenvalue weighted by molar-refractivity contribution is 5.91. The summed E-state index contributed by atoms with van der Waals surface area (Å²) >= 11 is 0. The maximum Gasteiger partial charge on any atom is 0.246 e. The van der Waals surface area contributed by atoms with Crippen LogP contribution in [0.5, 0.6) is 0 Å². The first kappa shape index (κ1) is 14.3. The molecule has 3 N–H and O–H groups in total. The van der Waals surface area contributed by atoms with Crippen LogP contribution in [-0.2, 0) is 9.59 Å². The monoisotopic (exact) mass is 267 g/mol. The van der Waals surface area contributed by atoms with Gasteiger partial charge in [-0.05, 0) is 32.2 Å². The molecule has 1 aliphatic heterocycles. The maximum absolute atomic E-state index is 12.6. The minimum Gasteiger partial charge on any atom is -0.350 e. The van der Waals surface area contributed by atoms with E-state index < -0.39 is 5.54 Å². The number of piperidine rings is 1. The molecule has 5 nitrogen and oxygen atoms in total. The Bertz CT molecular complexity index is 332. The van der Waals surface area contributed by atoms with E-state index in [9.17, 15) is 9.59 Å². The van der Waals surface area contributed by atoms with Gasteiger partial charge in [-0.15, -0.1) is 0 Å². The van der Waals surface area contributed by atoms with Gasteiger partial charge < -0.3 is 16.0 Å². The molecule has 1 saturated heterocycles. The summed E-state index contributed by atoms with van der Waals surface area (Å²) in [6.45, 7) is 3.36. The molecule has 1 saturated carbocycles. The first-order valence-electron chi connectivity index (χ1n) is 7.43. The van der Waals surface area contributed by atoms with Gasteiger partial charge in [0, 0.05) is 19.5 Å². The zero-order chi connectivity index (χ0) is 13.7. The fourth-order valence-electron chi connectivity index (χ4n) is 3.20. The summed E-state index contributed by atoms with van der Waals surface area (Å²) < 4.78 is 0. The second-order valence-electron chi connectivity index (χ2n) is 5.84. The Labute approximate surface area is 114 Å². The molecule has 0 spiro atoms. The number of nitrogens with one attached hydrogen (secondary N) is 3. The molecule has 0 aromatic rings. The van der Waals surface area contributed by atoms with Gasteiger partial charge in [-0.2, -0.15) is 0 Å². The van der Waals surface area contributed by atoms with Gasteiger partial charge in [0.05, 0.1) is 0 Å². The van der Waals surface area contributed by atoms with Crippen LogP contribution in [0.15, 0.2) is 0 Å². The van der Waals surface area contributed by atoms with E-state index in [4.69, 9.17) is 0 Å². The third kappa shape index (κ3) is 3.69. The average molecular weight is 267 g/mol. The van der Waals surface area contributed by atoms with E-state index in [0.29, 0.717) is 0 Å². The second-order valence-corrected chi connectivity index (χ2v) is 5.84. The van der Waals surface area contributed by atoms with Gasteiger partial charge in [-0.3, -0.25) is 9.59 Å². The quantitative estimate of drug-likeness (QED) is 0.705. The molecule has 0 radical (unpaired) electrons. The van der Waals surface area contributed by atoms with Gasteiger partial charge in [0.2, 0.25) is 11.8 Å². The molecule has 108 valence electrons. The lowest BCUT2D eigenvalue weighted by Crippen LogP contribution is -2.62. The van der Waals surface area contributed by atoms with E-state index in [1.54, 1.807) is 0 Å². The molecule has 0 bridgehead atoms. The van der Waals surface area contributed by atoms with E-state index in [0.717, 1.165) is 58.0 Å². The summed E-state index contributed by atoms with van der Waals surface area (Å²) in [6.07, 6.45) is 6.82. The molecular formula is C14H25N3O2. The Morgan fingerprint density at radius 2 is 1.89 bits per heavy atom. The lowest BCUT2D eigenvalue weighted by molar-refractivity contribution is -0.135. The highest BCUT2D eigenvalue weighted by atomic mass is 16.2. The molecule has 0 aromatic carbocycles. The molecule has 19 heavy (non-hydrogen) atoms. The summed E-state index contributed by atoms with van der Waals surface area (Å²) in [4.78, 5) is 24.0. The smallest absolute Gasteiger partial charge is 0.246 e. The zero-order valence-corrected chi connectivity index (χ0v) is 11.8. The van der Waals surface area contributed by atoms with Crippen LogP contribution in [0.3, 0.4) is 0 Å². The lowest BCUT2D eigenvalue weighted by Gasteiger charge is -2.38. The highest BCUT2D eigenvalue weighted by Gasteiger charge is 2.40. The first-order chi connectivity index (χ1) is 9.12. The van der Waals surface area contributed by atoms with Gasteiger partial charge in [0.15, 0.2) is 0 Å². The van der Waals surface area contributed by atoms with Crippen molar-refractivity contribution in [2.75, 3.05) is 13.1 Å². The number of hydrogen-bond acceptors (Lipinski definition) is 3. The minimum absolute atomic E-state index is 0.0103. The normalized spacial score (nSPS) is 26.5. The third-order valence-corrected chi connectivity index (χ3v) is 4.19. The van der Waals surface area contributed by atoms with Crippen molar-refractivity contribution in [2.24, 2.45) is 0 Å². The van der Waals surface area contributed by atoms with E-state index >= 15 is 0 Å². The van der Waals surface area contributed by atoms with Crippen LogP contribution in [0, 0.1) is 0 Å². The Hall–Kier alpha value is -1.10. The fourth-order valence-corrected chi connectivity index (χ4v) is 3.20. The molecule has 2 rings (SSSR count). The van der Waals surface area contributed by atoms with Crippen LogP contribution in [0.25, 0.3) is 0 Å². The molecular weight excluding hydrogens is 242 g/mol. The van der Waals surface area contributed by atoms with Gasteiger partial charge in [-0.25, -0.2) is 0 Å². The molecule has 0 unspecified atom stereocenters. The third-order valence-electron chi connectivity index (χ3n) is 4.19. The van der Waals surface area contributed by atoms with Gasteiger partial charge in [0.25, 0.3) is 0 Å². The predicted octanol–water partition coefficient (Wildman–Crippen LogP) is 0.694. The van der Waals surface area contributed by atoms with E-state index in [-0.39, 0.29) is 17.9 Å². The zero-order valence-electron chi connectivity index (χ0n) is 11.8. The van der Waals surface area contributed by atoms with Crippen molar-refractivity contribution >= 4 is 11.8 Å². The summed E-state index contributed by atoms with van der Waals surface area (Å²) in [5, 5.41) is 9.33. The second kappa shape index (κ2) is 6.37. The van der Waals surface area contributed by atoms with Crippen molar-refractivity contribution < 1.29 is 9.59 Å². The van der Waals surface area contributed by atoms with E-state index in [1.165, 1.54) is 6.92 Å². The Morgan fingerprint density at radius 3 is 2.47 bits per heavy atom. The van der Waals surface area contributed by atoms with Crippen molar-refractivity contribution in [1.82, 2.24) is 16.0 Å². The van der Waals surface area contributed by atoms with Crippen molar-refractivity contribution in [1.29, 1.82) is 0 Å². The van der Waals surface area contributed by atoms with Crippen LogP contribution >= 0.6 is 0 Å². The molecule has 0 aromatic heterocycles. The van der Waals surface area contributed by atoms with Crippen LogP contribution in [0.2, 0.25) is 0 Å². The molecule has 1 aliphatic carbocycles. The molecule has 2 fully saturated rings. The topological polar surface area (TPSA) is 70.2 Å². The number of amides is 2. The summed E-state index contributed by atoms with van der Waals surface area (Å²) in [5.74, 6) is -0.102. The van der Waals surface area contributed by atoms with Crippen molar-refractivity contribution in [3.8, 4) is 0 Å². The van der Waals surface area contributed by atoms with E-state index in [2.05, 4.69) is 16.0 Å². The molecule has 1 atom stereocenters. The summed E-state index contributed by atoms with van der Waals surface area (Å²) in [7, 11) is 0. The number of hydrogen-bond donors (Lipinski definition) is 3. The van der Waals surface area contributed by atoms with Crippen molar-refractivity contribution in [3.63, 3.8) is 0 Å². The highest BCUT2D eigenvalue weighted by Crippen LogP contribution is 2.28. The van der Waals surface area contributed by atoms with Crippen LogP contribution in [0.1, 0.15) is 51.9 Å². The largest absolute Gasteiger partial charge is 0.350 e. The standard InChI is InChI=1S/C14H25N3O2/c1-11(18)17-14(7-3-2-4-8-14)13(19)16-12-6-5-9-15-10-12/h12,15H,2-10H2,1H3,(H,16,19)(H,17,18)/t12-/m0/s1. The number of carbonyl (C=O) groups excluding carboxylic acids is 2. The fraction of sp³-hybridized carbons (Fsp3) is 0.857. The van der Waals surface area contributed by atoms with Crippen LogP contribution in [0.4, 0.5) is 0 Å². The summed E-state index contributed by atoms with van der Waals surface area (Å²) in [6, 6.07) is 0.203.